The molecule has 0 aliphatic rings. The maximum Gasteiger partial charge on any atom is 0.175 e. The highest BCUT2D eigenvalue weighted by Gasteiger charge is 2.12. The van der Waals surface area contributed by atoms with Gasteiger partial charge in [-0.15, -0.1) is 0 Å². The Morgan fingerprint density at radius 2 is 2.21 bits per heavy atom. The number of nitrogens with two attached hydrogens (primary N) is 1. The van der Waals surface area contributed by atoms with Gasteiger partial charge in [-0.2, -0.15) is 0 Å². The van der Waals surface area contributed by atoms with Gasteiger partial charge in [0.25, 0.3) is 0 Å². The number of aryl methyl sites for hydroxylation is 1. The molecular weight excluding hydrogens is 310 g/mol. The fourth-order valence-electron chi connectivity index (χ4n) is 1.70. The largest absolute Gasteiger partial charge is 0.493 e. The SMILES string of the molecule is COc1cc(CN)cc(Br)c1OCc1cncn1C. The van der Waals surface area contributed by atoms with Gasteiger partial charge in [0, 0.05) is 13.6 Å². The number of benzene rings is 1. The summed E-state index contributed by atoms with van der Waals surface area (Å²) in [5.41, 5.74) is 7.60. The average Bonchev–Trinajstić information content (AvgIpc) is 2.82. The van der Waals surface area contributed by atoms with Crippen LogP contribution in [0, 0.1) is 0 Å². The summed E-state index contributed by atoms with van der Waals surface area (Å²) >= 11 is 3.48. The van der Waals surface area contributed by atoms with E-state index in [0.29, 0.717) is 24.7 Å². The van der Waals surface area contributed by atoms with E-state index >= 15 is 0 Å². The topological polar surface area (TPSA) is 62.3 Å². The molecule has 2 rings (SSSR count). The van der Waals surface area contributed by atoms with Gasteiger partial charge in [-0.1, -0.05) is 0 Å². The highest BCUT2D eigenvalue weighted by atomic mass is 79.9. The first-order valence-corrected chi connectivity index (χ1v) is 6.59. The minimum Gasteiger partial charge on any atom is -0.493 e. The number of aromatic nitrogens is 2. The van der Waals surface area contributed by atoms with Gasteiger partial charge < -0.3 is 19.8 Å². The van der Waals surface area contributed by atoms with Crippen molar-refractivity contribution >= 4 is 15.9 Å². The lowest BCUT2D eigenvalue weighted by atomic mass is 10.2. The summed E-state index contributed by atoms with van der Waals surface area (Å²) in [6, 6.07) is 3.81. The lowest BCUT2D eigenvalue weighted by Gasteiger charge is -2.14. The fraction of sp³-hybridized carbons (Fsp3) is 0.308. The van der Waals surface area contributed by atoms with Crippen molar-refractivity contribution in [3.05, 3.63) is 40.4 Å². The Hall–Kier alpha value is -1.53. The van der Waals surface area contributed by atoms with E-state index in [2.05, 4.69) is 20.9 Å². The summed E-state index contributed by atoms with van der Waals surface area (Å²) in [5.74, 6) is 1.33. The molecule has 0 fully saturated rings. The number of rotatable bonds is 5. The molecule has 0 amide bonds. The first-order valence-electron chi connectivity index (χ1n) is 5.80. The molecule has 0 atom stereocenters. The van der Waals surface area contributed by atoms with Gasteiger partial charge in [0.15, 0.2) is 11.5 Å². The Morgan fingerprint density at radius 1 is 1.42 bits per heavy atom. The van der Waals surface area contributed by atoms with Gasteiger partial charge in [0.1, 0.15) is 6.61 Å². The van der Waals surface area contributed by atoms with E-state index in [-0.39, 0.29) is 0 Å². The molecule has 5 nitrogen and oxygen atoms in total. The third-order valence-electron chi connectivity index (χ3n) is 2.81. The van der Waals surface area contributed by atoms with Crippen LogP contribution >= 0.6 is 15.9 Å². The van der Waals surface area contributed by atoms with E-state index in [0.717, 1.165) is 15.7 Å². The lowest BCUT2D eigenvalue weighted by molar-refractivity contribution is 0.275. The van der Waals surface area contributed by atoms with E-state index in [1.165, 1.54) is 0 Å². The molecule has 0 unspecified atom stereocenters. The van der Waals surface area contributed by atoms with Crippen LogP contribution < -0.4 is 15.2 Å². The van der Waals surface area contributed by atoms with Crippen molar-refractivity contribution in [3.8, 4) is 11.5 Å². The van der Waals surface area contributed by atoms with Crippen LogP contribution in [0.4, 0.5) is 0 Å². The number of hydrogen-bond donors (Lipinski definition) is 1. The summed E-state index contributed by atoms with van der Waals surface area (Å²) in [6.45, 7) is 0.879. The molecule has 0 saturated carbocycles. The number of imidazole rings is 1. The number of ether oxygens (including phenoxy) is 2. The Kier molecular flexibility index (Phi) is 4.44. The molecule has 1 aromatic heterocycles. The van der Waals surface area contributed by atoms with Crippen molar-refractivity contribution in [1.82, 2.24) is 9.55 Å². The molecule has 0 aliphatic heterocycles. The maximum atomic E-state index is 5.81. The maximum absolute atomic E-state index is 5.81. The summed E-state index contributed by atoms with van der Waals surface area (Å²) in [4.78, 5) is 4.05. The molecule has 1 heterocycles. The van der Waals surface area contributed by atoms with E-state index in [4.69, 9.17) is 15.2 Å². The number of nitrogens with zero attached hydrogens (tertiary/aromatic N) is 2. The van der Waals surface area contributed by atoms with Crippen LogP contribution in [0.3, 0.4) is 0 Å². The second-order valence-electron chi connectivity index (χ2n) is 4.10. The van der Waals surface area contributed by atoms with Crippen LogP contribution in [0.1, 0.15) is 11.3 Å². The molecule has 2 N–H and O–H groups in total. The molecule has 19 heavy (non-hydrogen) atoms. The summed E-state index contributed by atoms with van der Waals surface area (Å²) in [5, 5.41) is 0. The molecule has 0 radical (unpaired) electrons. The zero-order valence-electron chi connectivity index (χ0n) is 10.9. The van der Waals surface area contributed by atoms with E-state index in [9.17, 15) is 0 Å². The zero-order valence-corrected chi connectivity index (χ0v) is 12.5. The van der Waals surface area contributed by atoms with Crippen molar-refractivity contribution in [2.24, 2.45) is 12.8 Å². The Morgan fingerprint density at radius 3 is 2.79 bits per heavy atom. The minimum atomic E-state index is 0.424. The lowest BCUT2D eigenvalue weighted by Crippen LogP contribution is -2.04. The van der Waals surface area contributed by atoms with Crippen molar-refractivity contribution < 1.29 is 9.47 Å². The molecule has 0 aliphatic carbocycles. The molecular formula is C13H16BrN3O2. The third kappa shape index (κ3) is 3.08. The number of hydrogen-bond acceptors (Lipinski definition) is 4. The molecule has 0 bridgehead atoms. The van der Waals surface area contributed by atoms with Crippen molar-refractivity contribution in [3.63, 3.8) is 0 Å². The average molecular weight is 326 g/mol. The molecule has 0 spiro atoms. The molecule has 1 aromatic carbocycles. The first kappa shape index (κ1) is 13.9. The van der Waals surface area contributed by atoms with Gasteiger partial charge in [-0.25, -0.2) is 4.98 Å². The van der Waals surface area contributed by atoms with Gasteiger partial charge in [-0.3, -0.25) is 0 Å². The second-order valence-corrected chi connectivity index (χ2v) is 4.95. The van der Waals surface area contributed by atoms with E-state index in [1.54, 1.807) is 19.6 Å². The molecule has 102 valence electrons. The first-order chi connectivity index (χ1) is 9.15. The van der Waals surface area contributed by atoms with E-state index < -0.39 is 0 Å². The highest BCUT2D eigenvalue weighted by molar-refractivity contribution is 9.10. The Bertz CT molecular complexity index is 569. The quantitative estimate of drug-likeness (QED) is 0.915. The monoisotopic (exact) mass is 325 g/mol. The van der Waals surface area contributed by atoms with Gasteiger partial charge in [0.2, 0.25) is 0 Å². The molecule has 2 aromatic rings. The minimum absolute atomic E-state index is 0.424. The van der Waals surface area contributed by atoms with Gasteiger partial charge in [-0.05, 0) is 33.6 Å². The normalized spacial score (nSPS) is 10.5. The Balaban J connectivity index is 2.22. The van der Waals surface area contributed by atoms with E-state index in [1.807, 2.05) is 23.7 Å². The smallest absolute Gasteiger partial charge is 0.175 e. The third-order valence-corrected chi connectivity index (χ3v) is 3.39. The van der Waals surface area contributed by atoms with Crippen LogP contribution in [0.5, 0.6) is 11.5 Å². The molecule has 0 saturated heterocycles. The van der Waals surface area contributed by atoms with Crippen LogP contribution in [0.15, 0.2) is 29.1 Å². The molecule has 6 heteroatoms. The van der Waals surface area contributed by atoms with Crippen LogP contribution in [-0.2, 0) is 20.2 Å². The predicted octanol–water partition coefficient (Wildman–Crippen LogP) is 2.23. The second kappa shape index (κ2) is 6.08. The van der Waals surface area contributed by atoms with Crippen LogP contribution in [0.25, 0.3) is 0 Å². The van der Waals surface area contributed by atoms with Crippen molar-refractivity contribution in [2.45, 2.75) is 13.2 Å². The number of methoxy groups -OCH3 is 1. The summed E-state index contributed by atoms with van der Waals surface area (Å²) in [6.07, 6.45) is 3.51. The fourth-order valence-corrected chi connectivity index (χ4v) is 2.30. The van der Waals surface area contributed by atoms with Crippen LogP contribution in [-0.4, -0.2) is 16.7 Å². The van der Waals surface area contributed by atoms with Gasteiger partial charge in [0.05, 0.1) is 29.8 Å². The predicted molar refractivity (Wildman–Crippen MR) is 76.1 cm³/mol. The van der Waals surface area contributed by atoms with Crippen molar-refractivity contribution in [2.75, 3.05) is 7.11 Å². The standard InChI is InChI=1S/C13H16BrN3O2/c1-17-8-16-6-10(17)7-19-13-11(14)3-9(5-15)4-12(13)18-2/h3-4,6,8H,5,7,15H2,1-2H3. The highest BCUT2D eigenvalue weighted by Crippen LogP contribution is 2.37. The number of halogens is 1. The summed E-state index contributed by atoms with van der Waals surface area (Å²) < 4.78 is 13.9. The Labute approximate surface area is 120 Å². The zero-order chi connectivity index (χ0) is 13.8. The summed E-state index contributed by atoms with van der Waals surface area (Å²) in [7, 11) is 3.54. The van der Waals surface area contributed by atoms with Gasteiger partial charge >= 0.3 is 0 Å². The van der Waals surface area contributed by atoms with Crippen LogP contribution in [0.2, 0.25) is 0 Å². The van der Waals surface area contributed by atoms with Crippen molar-refractivity contribution in [1.29, 1.82) is 0 Å².